The van der Waals surface area contributed by atoms with Crippen LogP contribution in [-0.4, -0.2) is 41.0 Å². The van der Waals surface area contributed by atoms with Crippen LogP contribution in [0.25, 0.3) is 0 Å². The Morgan fingerprint density at radius 1 is 1.57 bits per heavy atom. The second-order valence-corrected chi connectivity index (χ2v) is 3.30. The van der Waals surface area contributed by atoms with Crippen LogP contribution in [0.15, 0.2) is 6.20 Å². The zero-order valence-corrected chi connectivity index (χ0v) is 8.05. The summed E-state index contributed by atoms with van der Waals surface area (Å²) in [6.07, 6.45) is 1.86. The van der Waals surface area contributed by atoms with E-state index in [1.165, 1.54) is 0 Å². The summed E-state index contributed by atoms with van der Waals surface area (Å²) in [7, 11) is 0. The lowest BCUT2D eigenvalue weighted by atomic mass is 10.3. The molecule has 1 aromatic rings. The van der Waals surface area contributed by atoms with E-state index in [9.17, 15) is 0 Å². The Kier molecular flexibility index (Phi) is 2.45. The third-order valence-electron chi connectivity index (χ3n) is 2.13. The SMILES string of the molecule is CC1CN(c2cnc(N)nn2)CCO1. The Balaban J connectivity index is 2.10. The molecule has 0 bridgehead atoms. The molecule has 14 heavy (non-hydrogen) atoms. The van der Waals surface area contributed by atoms with Crippen molar-refractivity contribution in [1.82, 2.24) is 15.2 Å². The number of anilines is 2. The molecular formula is C8H13N5O. The van der Waals surface area contributed by atoms with E-state index in [0.717, 1.165) is 18.9 Å². The first-order chi connectivity index (χ1) is 6.75. The minimum atomic E-state index is 0.204. The van der Waals surface area contributed by atoms with Crippen LogP contribution in [0.5, 0.6) is 0 Å². The molecule has 1 aromatic heterocycles. The number of hydrogen-bond donors (Lipinski definition) is 1. The first-order valence-corrected chi connectivity index (χ1v) is 4.57. The molecule has 2 N–H and O–H groups in total. The van der Waals surface area contributed by atoms with Crippen LogP contribution in [0.2, 0.25) is 0 Å². The van der Waals surface area contributed by atoms with Crippen LogP contribution < -0.4 is 10.6 Å². The lowest BCUT2D eigenvalue weighted by Gasteiger charge is -2.31. The predicted molar refractivity (Wildman–Crippen MR) is 51.9 cm³/mol. The number of rotatable bonds is 1. The van der Waals surface area contributed by atoms with Gasteiger partial charge >= 0.3 is 0 Å². The summed E-state index contributed by atoms with van der Waals surface area (Å²) in [5.41, 5.74) is 5.36. The Labute approximate surface area is 82.1 Å². The average Bonchev–Trinajstić information content (AvgIpc) is 2.19. The first-order valence-electron chi connectivity index (χ1n) is 4.57. The summed E-state index contributed by atoms with van der Waals surface area (Å²) < 4.78 is 5.42. The van der Waals surface area contributed by atoms with E-state index < -0.39 is 0 Å². The van der Waals surface area contributed by atoms with Crippen molar-refractivity contribution in [3.63, 3.8) is 0 Å². The van der Waals surface area contributed by atoms with Gasteiger partial charge in [0.2, 0.25) is 5.95 Å². The van der Waals surface area contributed by atoms with E-state index >= 15 is 0 Å². The third kappa shape index (κ3) is 1.90. The van der Waals surface area contributed by atoms with E-state index in [1.807, 2.05) is 6.92 Å². The highest BCUT2D eigenvalue weighted by molar-refractivity contribution is 5.36. The van der Waals surface area contributed by atoms with E-state index in [-0.39, 0.29) is 12.1 Å². The number of nitrogens with zero attached hydrogens (tertiary/aromatic N) is 4. The van der Waals surface area contributed by atoms with Gasteiger partial charge in [0.15, 0.2) is 5.82 Å². The highest BCUT2D eigenvalue weighted by atomic mass is 16.5. The second-order valence-electron chi connectivity index (χ2n) is 3.30. The molecule has 1 aliphatic heterocycles. The normalized spacial score (nSPS) is 22.4. The summed E-state index contributed by atoms with van der Waals surface area (Å²) >= 11 is 0. The van der Waals surface area contributed by atoms with Gasteiger partial charge in [-0.05, 0) is 6.92 Å². The van der Waals surface area contributed by atoms with Gasteiger partial charge in [-0.25, -0.2) is 4.98 Å². The number of ether oxygens (including phenoxy) is 1. The van der Waals surface area contributed by atoms with Crippen molar-refractivity contribution in [3.05, 3.63) is 6.20 Å². The van der Waals surface area contributed by atoms with Gasteiger partial charge in [0, 0.05) is 13.1 Å². The Bertz CT molecular complexity index is 301. The highest BCUT2D eigenvalue weighted by Gasteiger charge is 2.18. The molecule has 1 unspecified atom stereocenters. The second kappa shape index (κ2) is 3.75. The molecule has 0 amide bonds. The summed E-state index contributed by atoms with van der Waals surface area (Å²) in [4.78, 5) is 5.99. The third-order valence-corrected chi connectivity index (χ3v) is 2.13. The lowest BCUT2D eigenvalue weighted by molar-refractivity contribution is 0.0528. The van der Waals surface area contributed by atoms with Gasteiger partial charge in [-0.1, -0.05) is 0 Å². The Morgan fingerprint density at radius 2 is 2.43 bits per heavy atom. The van der Waals surface area contributed by atoms with Gasteiger partial charge in [0.05, 0.1) is 18.9 Å². The van der Waals surface area contributed by atoms with E-state index in [0.29, 0.717) is 6.61 Å². The van der Waals surface area contributed by atoms with Crippen LogP contribution in [-0.2, 0) is 4.74 Å². The fraction of sp³-hybridized carbons (Fsp3) is 0.625. The fourth-order valence-corrected chi connectivity index (χ4v) is 1.45. The Hall–Kier alpha value is -1.43. The first kappa shape index (κ1) is 9.14. The van der Waals surface area contributed by atoms with E-state index in [1.54, 1.807) is 6.20 Å². The summed E-state index contributed by atoms with van der Waals surface area (Å²) in [6, 6.07) is 0. The molecule has 0 saturated carbocycles. The molecule has 76 valence electrons. The molecule has 2 heterocycles. The summed E-state index contributed by atoms with van der Waals surface area (Å²) in [5, 5.41) is 7.68. The maximum Gasteiger partial charge on any atom is 0.240 e. The summed E-state index contributed by atoms with van der Waals surface area (Å²) in [6.45, 7) is 4.39. The van der Waals surface area contributed by atoms with Crippen LogP contribution >= 0.6 is 0 Å². The predicted octanol–water partition coefficient (Wildman–Crippen LogP) is -0.321. The molecule has 6 nitrogen and oxygen atoms in total. The minimum absolute atomic E-state index is 0.204. The van der Waals surface area contributed by atoms with Crippen molar-refractivity contribution in [1.29, 1.82) is 0 Å². The molecule has 0 aromatic carbocycles. The minimum Gasteiger partial charge on any atom is -0.375 e. The number of nitrogen functional groups attached to an aromatic ring is 1. The van der Waals surface area contributed by atoms with Gasteiger partial charge in [-0.3, -0.25) is 0 Å². The van der Waals surface area contributed by atoms with Crippen molar-refractivity contribution >= 4 is 11.8 Å². The molecule has 2 rings (SSSR count). The molecule has 1 aliphatic rings. The van der Waals surface area contributed by atoms with Gasteiger partial charge in [0.25, 0.3) is 0 Å². The van der Waals surface area contributed by atoms with E-state index in [2.05, 4.69) is 20.1 Å². The molecule has 0 aliphatic carbocycles. The van der Waals surface area contributed by atoms with Gasteiger partial charge in [-0.15, -0.1) is 10.2 Å². The van der Waals surface area contributed by atoms with Crippen LogP contribution in [0.3, 0.4) is 0 Å². The van der Waals surface area contributed by atoms with Crippen LogP contribution in [0, 0.1) is 0 Å². The fourth-order valence-electron chi connectivity index (χ4n) is 1.45. The molecule has 1 fully saturated rings. The number of hydrogen-bond acceptors (Lipinski definition) is 6. The maximum absolute atomic E-state index is 5.42. The zero-order valence-electron chi connectivity index (χ0n) is 8.05. The smallest absolute Gasteiger partial charge is 0.240 e. The largest absolute Gasteiger partial charge is 0.375 e. The van der Waals surface area contributed by atoms with Crippen molar-refractivity contribution in [2.45, 2.75) is 13.0 Å². The van der Waals surface area contributed by atoms with Gasteiger partial charge < -0.3 is 15.4 Å². The van der Waals surface area contributed by atoms with Crippen molar-refractivity contribution in [2.75, 3.05) is 30.3 Å². The van der Waals surface area contributed by atoms with Gasteiger partial charge in [-0.2, -0.15) is 0 Å². The van der Waals surface area contributed by atoms with E-state index in [4.69, 9.17) is 10.5 Å². The topological polar surface area (TPSA) is 77.2 Å². The zero-order chi connectivity index (χ0) is 9.97. The van der Waals surface area contributed by atoms with Crippen LogP contribution in [0.1, 0.15) is 6.92 Å². The number of aromatic nitrogens is 3. The molecular weight excluding hydrogens is 182 g/mol. The molecule has 6 heteroatoms. The van der Waals surface area contributed by atoms with Crippen molar-refractivity contribution in [3.8, 4) is 0 Å². The van der Waals surface area contributed by atoms with Crippen molar-refractivity contribution < 1.29 is 4.74 Å². The summed E-state index contributed by atoms with van der Waals surface area (Å²) in [5.74, 6) is 0.962. The number of nitrogens with two attached hydrogens (primary N) is 1. The monoisotopic (exact) mass is 195 g/mol. The lowest BCUT2D eigenvalue weighted by Crippen LogP contribution is -2.41. The highest BCUT2D eigenvalue weighted by Crippen LogP contribution is 2.12. The Morgan fingerprint density at radius 3 is 3.07 bits per heavy atom. The quantitative estimate of drug-likeness (QED) is 0.661. The average molecular weight is 195 g/mol. The maximum atomic E-state index is 5.42. The molecule has 0 spiro atoms. The van der Waals surface area contributed by atoms with Crippen LogP contribution in [0.4, 0.5) is 11.8 Å². The molecule has 1 atom stereocenters. The number of morpholine rings is 1. The molecule has 0 radical (unpaired) electrons. The van der Waals surface area contributed by atoms with Gasteiger partial charge in [0.1, 0.15) is 0 Å². The standard InChI is InChI=1S/C8H13N5O/c1-6-5-13(2-3-14-6)7-4-10-8(9)12-11-7/h4,6H,2-3,5H2,1H3,(H2,9,10,12). The van der Waals surface area contributed by atoms with Crippen molar-refractivity contribution in [2.24, 2.45) is 0 Å². The molecule has 1 saturated heterocycles.